The highest BCUT2D eigenvalue weighted by molar-refractivity contribution is 7.89. The van der Waals surface area contributed by atoms with Gasteiger partial charge in [-0.05, 0) is 62.5 Å². The Morgan fingerprint density at radius 1 is 1.14 bits per heavy atom. The van der Waals surface area contributed by atoms with Crippen LogP contribution in [0.25, 0.3) is 0 Å². The van der Waals surface area contributed by atoms with Gasteiger partial charge in [-0.2, -0.15) is 4.31 Å². The van der Waals surface area contributed by atoms with Crippen molar-refractivity contribution in [3.05, 3.63) is 66.0 Å². The zero-order chi connectivity index (χ0) is 21.1. The minimum absolute atomic E-state index is 0.150. The molecule has 1 heterocycles. The SMILES string of the molecule is C=C1/C=C(OC)\C=C/CCCC(=O)C12CCN(S(=O)(=O)c1ccc(C)cc1)CC2. The number of aryl methyl sites for hydroxylation is 1. The highest BCUT2D eigenvalue weighted by Crippen LogP contribution is 2.42. The third-order valence-electron chi connectivity index (χ3n) is 5.99. The van der Waals surface area contributed by atoms with Crippen molar-refractivity contribution in [2.45, 2.75) is 43.9 Å². The first kappa shape index (κ1) is 21.5. The predicted octanol–water partition coefficient (Wildman–Crippen LogP) is 4.16. The smallest absolute Gasteiger partial charge is 0.243 e. The molecule has 0 N–H and O–H groups in total. The summed E-state index contributed by atoms with van der Waals surface area (Å²) in [6.45, 7) is 6.71. The minimum atomic E-state index is -3.57. The number of sulfonamides is 1. The predicted molar refractivity (Wildman–Crippen MR) is 114 cm³/mol. The van der Waals surface area contributed by atoms with Crippen LogP contribution in [-0.2, 0) is 19.6 Å². The Kier molecular flexibility index (Phi) is 6.44. The van der Waals surface area contributed by atoms with E-state index in [4.69, 9.17) is 4.74 Å². The van der Waals surface area contributed by atoms with Crippen LogP contribution >= 0.6 is 0 Å². The van der Waals surface area contributed by atoms with Crippen molar-refractivity contribution in [2.75, 3.05) is 20.2 Å². The molecule has 6 heteroatoms. The fourth-order valence-electron chi connectivity index (χ4n) is 4.05. The van der Waals surface area contributed by atoms with Crippen LogP contribution in [0.1, 0.15) is 37.7 Å². The summed E-state index contributed by atoms with van der Waals surface area (Å²) in [5.41, 5.74) is 0.992. The molecule has 0 atom stereocenters. The van der Waals surface area contributed by atoms with Crippen LogP contribution in [0.3, 0.4) is 0 Å². The van der Waals surface area contributed by atoms with E-state index < -0.39 is 15.4 Å². The van der Waals surface area contributed by atoms with Gasteiger partial charge in [-0.15, -0.1) is 0 Å². The Morgan fingerprint density at radius 2 is 1.79 bits per heavy atom. The normalized spacial score (nSPS) is 24.0. The van der Waals surface area contributed by atoms with E-state index in [1.54, 1.807) is 31.4 Å². The molecule has 1 aliphatic carbocycles. The molecule has 29 heavy (non-hydrogen) atoms. The number of nitrogens with zero attached hydrogens (tertiary/aromatic N) is 1. The summed E-state index contributed by atoms with van der Waals surface area (Å²) in [6.07, 6.45) is 8.67. The molecule has 1 spiro atoms. The molecule has 1 aromatic rings. The molecule has 156 valence electrons. The number of rotatable bonds is 3. The van der Waals surface area contributed by atoms with Crippen molar-refractivity contribution in [1.82, 2.24) is 4.31 Å². The van der Waals surface area contributed by atoms with Crippen molar-refractivity contribution < 1.29 is 17.9 Å². The fourth-order valence-corrected chi connectivity index (χ4v) is 5.49. The molecule has 0 unspecified atom stereocenters. The molecule has 0 radical (unpaired) electrons. The third kappa shape index (κ3) is 4.38. The number of ether oxygens (including phenoxy) is 1. The molecule has 0 aromatic heterocycles. The largest absolute Gasteiger partial charge is 0.497 e. The number of benzene rings is 1. The maximum absolute atomic E-state index is 13.2. The van der Waals surface area contributed by atoms with Gasteiger partial charge in [0.15, 0.2) is 0 Å². The number of carbonyl (C=O) groups is 1. The molecular weight excluding hydrogens is 386 g/mol. The first-order valence-corrected chi connectivity index (χ1v) is 11.5. The number of methoxy groups -OCH3 is 1. The summed E-state index contributed by atoms with van der Waals surface area (Å²) in [4.78, 5) is 13.4. The molecular formula is C23H29NO4S. The van der Waals surface area contributed by atoms with Gasteiger partial charge in [0.1, 0.15) is 11.5 Å². The van der Waals surface area contributed by atoms with Crippen LogP contribution in [0.5, 0.6) is 0 Å². The van der Waals surface area contributed by atoms with Crippen LogP contribution in [0.4, 0.5) is 0 Å². The lowest BCUT2D eigenvalue weighted by Gasteiger charge is -2.41. The molecule has 0 amide bonds. The standard InChI is InChI=1S/C23H29NO4S/c1-18-9-11-21(12-10-18)29(26,27)24-15-13-23(14-16-24)19(2)17-20(28-3)7-5-4-6-8-22(23)25/h5,7,9-12,17H,2,4,6,8,13-16H2,1,3H3/b7-5-,20-17+. The monoisotopic (exact) mass is 415 g/mol. The highest BCUT2D eigenvalue weighted by Gasteiger charge is 2.44. The average molecular weight is 416 g/mol. The first-order chi connectivity index (χ1) is 13.8. The molecule has 5 nitrogen and oxygen atoms in total. The Hall–Kier alpha value is -2.18. The molecule has 3 rings (SSSR count). The second-order valence-corrected chi connectivity index (χ2v) is 9.73. The van der Waals surface area contributed by atoms with E-state index >= 15 is 0 Å². The van der Waals surface area contributed by atoms with Gasteiger partial charge in [-0.3, -0.25) is 4.79 Å². The molecule has 1 aliphatic heterocycles. The van der Waals surface area contributed by atoms with E-state index in [9.17, 15) is 13.2 Å². The summed E-state index contributed by atoms with van der Waals surface area (Å²) in [5, 5.41) is 0. The van der Waals surface area contributed by atoms with E-state index in [0.29, 0.717) is 48.6 Å². The average Bonchev–Trinajstić information content (AvgIpc) is 2.72. The zero-order valence-corrected chi connectivity index (χ0v) is 18.0. The molecule has 2 aliphatic rings. The summed E-state index contributed by atoms with van der Waals surface area (Å²) in [7, 11) is -1.98. The van der Waals surface area contributed by atoms with Crippen LogP contribution in [0.2, 0.25) is 0 Å². The summed E-state index contributed by atoms with van der Waals surface area (Å²) in [6, 6.07) is 6.89. The van der Waals surface area contributed by atoms with Crippen molar-refractivity contribution >= 4 is 15.8 Å². The third-order valence-corrected chi connectivity index (χ3v) is 7.90. The van der Waals surface area contributed by atoms with Gasteiger partial charge >= 0.3 is 0 Å². The molecule has 1 saturated heterocycles. The topological polar surface area (TPSA) is 63.7 Å². The zero-order valence-electron chi connectivity index (χ0n) is 17.2. The van der Waals surface area contributed by atoms with Crippen LogP contribution in [0, 0.1) is 12.3 Å². The van der Waals surface area contributed by atoms with Gasteiger partial charge in [-0.25, -0.2) is 8.42 Å². The van der Waals surface area contributed by atoms with Crippen LogP contribution < -0.4 is 0 Å². The number of Topliss-reactive ketones (excluding diaryl/α,β-unsaturated/α-hetero) is 1. The quantitative estimate of drug-likeness (QED) is 0.744. The number of hydrogen-bond donors (Lipinski definition) is 0. The lowest BCUT2D eigenvalue weighted by atomic mass is 9.68. The maximum Gasteiger partial charge on any atom is 0.243 e. The van der Waals surface area contributed by atoms with Crippen molar-refractivity contribution in [1.29, 1.82) is 0 Å². The van der Waals surface area contributed by atoms with E-state index in [1.165, 1.54) is 4.31 Å². The molecule has 1 aromatic carbocycles. The Labute approximate surface area is 173 Å². The molecule has 1 fully saturated rings. The van der Waals surface area contributed by atoms with Crippen molar-refractivity contribution in [3.8, 4) is 0 Å². The Balaban J connectivity index is 1.86. The number of allylic oxidation sites excluding steroid dienone is 4. The molecule has 0 saturated carbocycles. The Bertz CT molecular complexity index is 934. The number of carbonyl (C=O) groups excluding carboxylic acids is 1. The van der Waals surface area contributed by atoms with Gasteiger partial charge in [0, 0.05) is 19.5 Å². The van der Waals surface area contributed by atoms with Gasteiger partial charge in [-0.1, -0.05) is 30.4 Å². The lowest BCUT2D eigenvalue weighted by molar-refractivity contribution is -0.128. The van der Waals surface area contributed by atoms with E-state index in [1.807, 2.05) is 25.2 Å². The summed E-state index contributed by atoms with van der Waals surface area (Å²) < 4.78 is 33.0. The van der Waals surface area contributed by atoms with Crippen molar-refractivity contribution in [2.24, 2.45) is 5.41 Å². The number of piperidine rings is 1. The van der Waals surface area contributed by atoms with Crippen LogP contribution in [-0.4, -0.2) is 38.7 Å². The maximum atomic E-state index is 13.2. The van der Waals surface area contributed by atoms with E-state index in [0.717, 1.165) is 18.4 Å². The highest BCUT2D eigenvalue weighted by atomic mass is 32.2. The fraction of sp³-hybridized carbons (Fsp3) is 0.435. The van der Waals surface area contributed by atoms with Gasteiger partial charge < -0.3 is 4.74 Å². The minimum Gasteiger partial charge on any atom is -0.497 e. The van der Waals surface area contributed by atoms with E-state index in [2.05, 4.69) is 6.58 Å². The van der Waals surface area contributed by atoms with E-state index in [-0.39, 0.29) is 5.78 Å². The summed E-state index contributed by atoms with van der Waals surface area (Å²) in [5.74, 6) is 0.815. The van der Waals surface area contributed by atoms with Crippen molar-refractivity contribution in [3.63, 3.8) is 0 Å². The second kappa shape index (κ2) is 8.67. The molecule has 0 bridgehead atoms. The summed E-state index contributed by atoms with van der Waals surface area (Å²) >= 11 is 0. The number of ketones is 1. The van der Waals surface area contributed by atoms with Crippen LogP contribution in [0.15, 0.2) is 65.3 Å². The Morgan fingerprint density at radius 3 is 2.41 bits per heavy atom. The van der Waals surface area contributed by atoms with Gasteiger partial charge in [0.25, 0.3) is 0 Å². The first-order valence-electron chi connectivity index (χ1n) is 10.0. The lowest BCUT2D eigenvalue weighted by Crippen LogP contribution is -2.47. The second-order valence-electron chi connectivity index (χ2n) is 7.79. The number of hydrogen-bond acceptors (Lipinski definition) is 4. The van der Waals surface area contributed by atoms with Gasteiger partial charge in [0.2, 0.25) is 10.0 Å². The van der Waals surface area contributed by atoms with Gasteiger partial charge in [0.05, 0.1) is 17.4 Å².